The van der Waals surface area contributed by atoms with E-state index >= 15 is 0 Å². The first-order valence-corrected chi connectivity index (χ1v) is 7.49. The molecule has 1 atom stereocenters. The van der Waals surface area contributed by atoms with E-state index in [1.807, 2.05) is 39.0 Å². The molecule has 0 saturated heterocycles. The van der Waals surface area contributed by atoms with Crippen LogP contribution in [-0.4, -0.2) is 29.4 Å². The minimum atomic E-state index is -0.287. The zero-order valence-electron chi connectivity index (χ0n) is 11.6. The lowest BCUT2D eigenvalue weighted by molar-refractivity contribution is -0.116. The number of aryl methyl sites for hydroxylation is 2. The predicted molar refractivity (Wildman–Crippen MR) is 86.3 cm³/mol. The topological polar surface area (TPSA) is 29.5 Å². The van der Waals surface area contributed by atoms with Gasteiger partial charge in [-0.15, -0.1) is 0 Å². The number of thiocarbonyl (C=S) groups is 1. The number of carbonyl (C=O) groups excluding carboxylic acids is 1. The second-order valence-electron chi connectivity index (χ2n) is 4.34. The first kappa shape index (κ1) is 16.1. The Labute approximate surface area is 128 Å². The minimum absolute atomic E-state index is 0.0377. The zero-order chi connectivity index (χ0) is 14.6. The Kier molecular flexibility index (Phi) is 5.94. The van der Waals surface area contributed by atoms with Gasteiger partial charge in [0.25, 0.3) is 0 Å². The molecule has 0 spiro atoms. The van der Waals surface area contributed by atoms with Gasteiger partial charge in [0.05, 0.1) is 18.1 Å². The molecule has 1 rings (SSSR count). The molecule has 0 heterocycles. The standard InChI is InChI=1S/C14H18BrNO2S/c1-9-6-5-7-10(2)13(9)16(12(17)8-15)11(3)14(19)18-4/h5-7,11H,8H2,1-4H3. The Hall–Kier alpha value is -0.940. The lowest BCUT2D eigenvalue weighted by Gasteiger charge is -2.31. The van der Waals surface area contributed by atoms with Crippen LogP contribution in [0.25, 0.3) is 0 Å². The highest BCUT2D eigenvalue weighted by Crippen LogP contribution is 2.27. The highest BCUT2D eigenvalue weighted by Gasteiger charge is 2.27. The van der Waals surface area contributed by atoms with E-state index in [-0.39, 0.29) is 17.3 Å². The van der Waals surface area contributed by atoms with Crippen molar-refractivity contribution in [1.82, 2.24) is 0 Å². The van der Waals surface area contributed by atoms with Crippen LogP contribution >= 0.6 is 28.1 Å². The number of benzene rings is 1. The Morgan fingerprint density at radius 2 is 1.95 bits per heavy atom. The molecule has 0 fully saturated rings. The van der Waals surface area contributed by atoms with Crippen LogP contribution in [0.5, 0.6) is 0 Å². The maximum absolute atomic E-state index is 12.2. The summed E-state index contributed by atoms with van der Waals surface area (Å²) in [6.07, 6.45) is 0. The summed E-state index contributed by atoms with van der Waals surface area (Å²) in [5.41, 5.74) is 2.99. The molecule has 104 valence electrons. The van der Waals surface area contributed by atoms with E-state index in [9.17, 15) is 4.79 Å². The van der Waals surface area contributed by atoms with Crippen LogP contribution in [0.3, 0.4) is 0 Å². The van der Waals surface area contributed by atoms with Crippen molar-refractivity contribution in [2.75, 3.05) is 17.3 Å². The Balaban J connectivity index is 3.32. The molecule has 1 aromatic rings. The van der Waals surface area contributed by atoms with Gasteiger partial charge in [-0.05, 0) is 44.1 Å². The third-order valence-corrected chi connectivity index (χ3v) is 3.98. The molecular formula is C14H18BrNO2S. The summed E-state index contributed by atoms with van der Waals surface area (Å²) in [7, 11) is 1.53. The molecule has 0 aliphatic rings. The Bertz CT molecular complexity index is 470. The number of anilines is 1. The van der Waals surface area contributed by atoms with Crippen LogP contribution in [-0.2, 0) is 9.53 Å². The number of amides is 1. The Morgan fingerprint density at radius 3 is 2.37 bits per heavy atom. The zero-order valence-corrected chi connectivity index (χ0v) is 14.0. The Morgan fingerprint density at radius 1 is 1.42 bits per heavy atom. The number of alkyl halides is 1. The molecular weight excluding hydrogens is 326 g/mol. The molecule has 0 aliphatic carbocycles. The quantitative estimate of drug-likeness (QED) is 0.619. The summed E-state index contributed by atoms with van der Waals surface area (Å²) < 4.78 is 5.11. The molecule has 19 heavy (non-hydrogen) atoms. The average Bonchev–Trinajstić information content (AvgIpc) is 2.40. The number of para-hydroxylation sites is 1. The number of methoxy groups -OCH3 is 1. The maximum Gasteiger partial charge on any atom is 0.238 e. The van der Waals surface area contributed by atoms with E-state index in [0.717, 1.165) is 16.8 Å². The molecule has 0 aliphatic heterocycles. The normalized spacial score (nSPS) is 11.8. The second-order valence-corrected chi connectivity index (χ2v) is 5.30. The summed E-state index contributed by atoms with van der Waals surface area (Å²) >= 11 is 8.40. The molecule has 1 amide bonds. The summed E-state index contributed by atoms with van der Waals surface area (Å²) in [4.78, 5) is 13.9. The van der Waals surface area contributed by atoms with Gasteiger partial charge in [0.15, 0.2) is 5.05 Å². The van der Waals surface area contributed by atoms with E-state index in [2.05, 4.69) is 15.9 Å². The van der Waals surface area contributed by atoms with Gasteiger partial charge in [-0.3, -0.25) is 9.69 Å². The molecule has 1 aromatic carbocycles. The van der Waals surface area contributed by atoms with Crippen LogP contribution in [0, 0.1) is 13.8 Å². The summed E-state index contributed by atoms with van der Waals surface area (Å²) in [6.45, 7) is 5.84. The smallest absolute Gasteiger partial charge is 0.238 e. The highest BCUT2D eigenvalue weighted by molar-refractivity contribution is 9.09. The number of hydrogen-bond donors (Lipinski definition) is 0. The fraction of sp³-hybridized carbons (Fsp3) is 0.429. The number of hydrogen-bond acceptors (Lipinski definition) is 3. The van der Waals surface area contributed by atoms with Crippen LogP contribution in [0.1, 0.15) is 18.1 Å². The van der Waals surface area contributed by atoms with E-state index in [1.165, 1.54) is 7.11 Å². The molecule has 5 heteroatoms. The van der Waals surface area contributed by atoms with E-state index in [4.69, 9.17) is 17.0 Å². The molecule has 0 bridgehead atoms. The summed E-state index contributed by atoms with van der Waals surface area (Å²) in [6, 6.07) is 5.66. The predicted octanol–water partition coefficient (Wildman–Crippen LogP) is 3.39. The number of halogens is 1. The maximum atomic E-state index is 12.2. The van der Waals surface area contributed by atoms with Gasteiger partial charge in [-0.1, -0.05) is 34.1 Å². The van der Waals surface area contributed by atoms with E-state index < -0.39 is 0 Å². The van der Waals surface area contributed by atoms with Gasteiger partial charge in [0.2, 0.25) is 5.91 Å². The minimum Gasteiger partial charge on any atom is -0.488 e. The second kappa shape index (κ2) is 7.01. The lowest BCUT2D eigenvalue weighted by atomic mass is 10.1. The van der Waals surface area contributed by atoms with Crippen molar-refractivity contribution in [2.45, 2.75) is 26.8 Å². The van der Waals surface area contributed by atoms with E-state index in [1.54, 1.807) is 4.90 Å². The van der Waals surface area contributed by atoms with Crippen LogP contribution < -0.4 is 4.90 Å². The molecule has 0 saturated carbocycles. The van der Waals surface area contributed by atoms with Gasteiger partial charge in [0, 0.05) is 0 Å². The number of rotatable bonds is 4. The van der Waals surface area contributed by atoms with Crippen molar-refractivity contribution in [3.05, 3.63) is 29.3 Å². The van der Waals surface area contributed by atoms with Crippen molar-refractivity contribution in [3.63, 3.8) is 0 Å². The molecule has 0 N–H and O–H groups in total. The monoisotopic (exact) mass is 343 g/mol. The lowest BCUT2D eigenvalue weighted by Crippen LogP contribution is -2.44. The van der Waals surface area contributed by atoms with Gasteiger partial charge >= 0.3 is 0 Å². The summed E-state index contributed by atoms with van der Waals surface area (Å²) in [5, 5.41) is 0.647. The SMILES string of the molecule is COC(=S)C(C)N(C(=O)CBr)c1c(C)cccc1C. The average molecular weight is 344 g/mol. The fourth-order valence-electron chi connectivity index (χ4n) is 2.06. The summed E-state index contributed by atoms with van der Waals surface area (Å²) in [5.74, 6) is -0.0377. The number of carbonyl (C=O) groups is 1. The van der Waals surface area contributed by atoms with Gasteiger partial charge in [-0.2, -0.15) is 0 Å². The first-order chi connectivity index (χ1) is 8.93. The molecule has 0 radical (unpaired) electrons. The van der Waals surface area contributed by atoms with Crippen molar-refractivity contribution < 1.29 is 9.53 Å². The van der Waals surface area contributed by atoms with Crippen molar-refractivity contribution in [2.24, 2.45) is 0 Å². The van der Waals surface area contributed by atoms with Crippen molar-refractivity contribution in [3.8, 4) is 0 Å². The van der Waals surface area contributed by atoms with E-state index in [0.29, 0.717) is 5.05 Å². The molecule has 1 unspecified atom stereocenters. The fourth-order valence-corrected chi connectivity index (χ4v) is 2.44. The van der Waals surface area contributed by atoms with Gasteiger partial charge in [-0.25, -0.2) is 0 Å². The number of nitrogens with zero attached hydrogens (tertiary/aromatic N) is 1. The third kappa shape index (κ3) is 3.54. The van der Waals surface area contributed by atoms with Crippen molar-refractivity contribution in [1.29, 1.82) is 0 Å². The molecule has 0 aromatic heterocycles. The van der Waals surface area contributed by atoms with Crippen LogP contribution in [0.15, 0.2) is 18.2 Å². The number of ether oxygens (including phenoxy) is 1. The first-order valence-electron chi connectivity index (χ1n) is 5.96. The van der Waals surface area contributed by atoms with Crippen molar-refractivity contribution >= 4 is 44.8 Å². The van der Waals surface area contributed by atoms with Crippen LogP contribution in [0.4, 0.5) is 5.69 Å². The molecule has 3 nitrogen and oxygen atoms in total. The van der Waals surface area contributed by atoms with Crippen LogP contribution in [0.2, 0.25) is 0 Å². The largest absolute Gasteiger partial charge is 0.488 e. The third-order valence-electron chi connectivity index (χ3n) is 2.99. The van der Waals surface area contributed by atoms with Gasteiger partial charge < -0.3 is 4.74 Å². The highest BCUT2D eigenvalue weighted by atomic mass is 79.9. The van der Waals surface area contributed by atoms with Gasteiger partial charge in [0.1, 0.15) is 6.04 Å².